The van der Waals surface area contributed by atoms with Crippen LogP contribution in [0.1, 0.15) is 17.2 Å². The molecule has 88 valence electrons. The molecule has 4 nitrogen and oxygen atoms in total. The number of hydrogen-bond acceptors (Lipinski definition) is 4. The van der Waals surface area contributed by atoms with Gasteiger partial charge in [0, 0.05) is 18.0 Å². The molecule has 0 fully saturated rings. The fraction of sp³-hybridized carbons (Fsp3) is 0.231. The number of benzene rings is 1. The Hall–Kier alpha value is -1.94. The summed E-state index contributed by atoms with van der Waals surface area (Å²) >= 11 is 0. The molecule has 0 saturated carbocycles. The van der Waals surface area contributed by atoms with Gasteiger partial charge in [-0.1, -0.05) is 12.1 Å². The van der Waals surface area contributed by atoms with Gasteiger partial charge in [0.25, 0.3) is 0 Å². The van der Waals surface area contributed by atoms with E-state index < -0.39 is 0 Å². The zero-order chi connectivity index (χ0) is 12.1. The number of hydrogen-bond donors (Lipinski definition) is 1. The van der Waals surface area contributed by atoms with Gasteiger partial charge in [-0.15, -0.1) is 0 Å². The summed E-state index contributed by atoms with van der Waals surface area (Å²) in [7, 11) is 3.58. The van der Waals surface area contributed by atoms with Crippen LogP contribution in [0.25, 0.3) is 0 Å². The minimum absolute atomic E-state index is 0.0753. The van der Waals surface area contributed by atoms with Crippen LogP contribution < -0.4 is 10.1 Å². The van der Waals surface area contributed by atoms with Crippen molar-refractivity contribution in [3.8, 4) is 5.75 Å². The fourth-order valence-electron chi connectivity index (χ4n) is 1.81. The van der Waals surface area contributed by atoms with Crippen LogP contribution in [-0.2, 0) is 0 Å². The standard InChI is InChI=1S/C13H15N3O/c1-14-13(11-7-15-9-16-8-11)10-4-3-5-12(6-10)17-2/h3-9,13-14H,1-2H3. The lowest BCUT2D eigenvalue weighted by Gasteiger charge is -2.16. The second-order valence-corrected chi connectivity index (χ2v) is 3.67. The van der Waals surface area contributed by atoms with Crippen molar-refractivity contribution in [2.75, 3.05) is 14.2 Å². The average Bonchev–Trinajstić information content (AvgIpc) is 2.41. The van der Waals surface area contributed by atoms with Gasteiger partial charge in [-0.25, -0.2) is 9.97 Å². The third kappa shape index (κ3) is 2.60. The molecular weight excluding hydrogens is 214 g/mol. The fourth-order valence-corrected chi connectivity index (χ4v) is 1.81. The Balaban J connectivity index is 2.35. The highest BCUT2D eigenvalue weighted by molar-refractivity contribution is 5.35. The van der Waals surface area contributed by atoms with Crippen LogP contribution in [0.15, 0.2) is 43.0 Å². The summed E-state index contributed by atoms with van der Waals surface area (Å²) < 4.78 is 5.23. The number of ether oxygens (including phenoxy) is 1. The monoisotopic (exact) mass is 229 g/mol. The van der Waals surface area contributed by atoms with E-state index in [9.17, 15) is 0 Å². The van der Waals surface area contributed by atoms with E-state index in [1.807, 2.05) is 37.6 Å². The molecule has 4 heteroatoms. The van der Waals surface area contributed by atoms with Crippen molar-refractivity contribution >= 4 is 0 Å². The van der Waals surface area contributed by atoms with Gasteiger partial charge in [-0.05, 0) is 24.7 Å². The molecule has 1 atom stereocenters. The molecule has 1 N–H and O–H groups in total. The van der Waals surface area contributed by atoms with E-state index in [2.05, 4.69) is 21.4 Å². The highest BCUT2D eigenvalue weighted by Gasteiger charge is 2.12. The summed E-state index contributed by atoms with van der Waals surface area (Å²) in [5.41, 5.74) is 2.16. The van der Waals surface area contributed by atoms with E-state index >= 15 is 0 Å². The molecule has 17 heavy (non-hydrogen) atoms. The molecule has 2 aromatic rings. The van der Waals surface area contributed by atoms with Crippen molar-refractivity contribution in [2.24, 2.45) is 0 Å². The maximum atomic E-state index is 5.23. The van der Waals surface area contributed by atoms with Crippen molar-refractivity contribution in [1.82, 2.24) is 15.3 Å². The van der Waals surface area contributed by atoms with E-state index in [1.54, 1.807) is 7.11 Å². The maximum absolute atomic E-state index is 5.23. The number of aromatic nitrogens is 2. The first-order valence-electron chi connectivity index (χ1n) is 5.41. The van der Waals surface area contributed by atoms with Gasteiger partial charge in [-0.3, -0.25) is 0 Å². The quantitative estimate of drug-likeness (QED) is 0.868. The zero-order valence-corrected chi connectivity index (χ0v) is 9.92. The van der Waals surface area contributed by atoms with Gasteiger partial charge in [0.15, 0.2) is 0 Å². The SMILES string of the molecule is CNC(c1cncnc1)c1cccc(OC)c1. The van der Waals surface area contributed by atoms with Crippen molar-refractivity contribution in [1.29, 1.82) is 0 Å². The lowest BCUT2D eigenvalue weighted by molar-refractivity contribution is 0.414. The first-order valence-corrected chi connectivity index (χ1v) is 5.41. The topological polar surface area (TPSA) is 47.0 Å². The Kier molecular flexibility index (Phi) is 3.67. The molecule has 0 bridgehead atoms. The first kappa shape index (κ1) is 11.5. The third-order valence-electron chi connectivity index (χ3n) is 2.63. The van der Waals surface area contributed by atoms with Crippen LogP contribution in [0.5, 0.6) is 5.75 Å². The number of rotatable bonds is 4. The first-order chi connectivity index (χ1) is 8.35. The van der Waals surface area contributed by atoms with Crippen LogP contribution in [0.2, 0.25) is 0 Å². The van der Waals surface area contributed by atoms with Crippen molar-refractivity contribution < 1.29 is 4.74 Å². The molecule has 1 unspecified atom stereocenters. The molecule has 0 amide bonds. The molecule has 0 spiro atoms. The van der Waals surface area contributed by atoms with Crippen LogP contribution in [0, 0.1) is 0 Å². The van der Waals surface area contributed by atoms with Crippen molar-refractivity contribution in [3.63, 3.8) is 0 Å². The van der Waals surface area contributed by atoms with Crippen LogP contribution in [-0.4, -0.2) is 24.1 Å². The molecule has 0 aliphatic heterocycles. The Labute approximate surface area is 101 Å². The maximum Gasteiger partial charge on any atom is 0.119 e. The molecule has 0 saturated heterocycles. The van der Waals surface area contributed by atoms with E-state index in [-0.39, 0.29) is 6.04 Å². The molecule has 0 aliphatic carbocycles. The minimum Gasteiger partial charge on any atom is -0.497 e. The number of nitrogens with one attached hydrogen (secondary N) is 1. The predicted octanol–water partition coefficient (Wildman–Crippen LogP) is 1.79. The van der Waals surface area contributed by atoms with Gasteiger partial charge < -0.3 is 10.1 Å². The Morgan fingerprint density at radius 2 is 1.94 bits per heavy atom. The molecular formula is C13H15N3O. The minimum atomic E-state index is 0.0753. The lowest BCUT2D eigenvalue weighted by Crippen LogP contribution is -2.18. The summed E-state index contributed by atoms with van der Waals surface area (Å²) in [4.78, 5) is 8.08. The van der Waals surface area contributed by atoms with Gasteiger partial charge in [0.1, 0.15) is 12.1 Å². The molecule has 2 rings (SSSR count). The van der Waals surface area contributed by atoms with Crippen LogP contribution >= 0.6 is 0 Å². The third-order valence-corrected chi connectivity index (χ3v) is 2.63. The van der Waals surface area contributed by atoms with E-state index in [4.69, 9.17) is 4.74 Å². The van der Waals surface area contributed by atoms with E-state index in [1.165, 1.54) is 6.33 Å². The van der Waals surface area contributed by atoms with E-state index in [0.29, 0.717) is 0 Å². The molecule has 0 aliphatic rings. The Morgan fingerprint density at radius 3 is 2.59 bits per heavy atom. The predicted molar refractivity (Wildman–Crippen MR) is 65.9 cm³/mol. The smallest absolute Gasteiger partial charge is 0.119 e. The molecule has 1 aromatic heterocycles. The summed E-state index contributed by atoms with van der Waals surface area (Å²) in [6, 6.07) is 8.04. The second-order valence-electron chi connectivity index (χ2n) is 3.67. The highest BCUT2D eigenvalue weighted by atomic mass is 16.5. The Morgan fingerprint density at radius 1 is 1.18 bits per heavy atom. The second kappa shape index (κ2) is 5.41. The molecule has 1 aromatic carbocycles. The van der Waals surface area contributed by atoms with Gasteiger partial charge in [0.2, 0.25) is 0 Å². The van der Waals surface area contributed by atoms with Crippen LogP contribution in [0.3, 0.4) is 0 Å². The van der Waals surface area contributed by atoms with Crippen molar-refractivity contribution in [2.45, 2.75) is 6.04 Å². The van der Waals surface area contributed by atoms with Crippen LogP contribution in [0.4, 0.5) is 0 Å². The van der Waals surface area contributed by atoms with Gasteiger partial charge >= 0.3 is 0 Å². The summed E-state index contributed by atoms with van der Waals surface area (Å²) in [6.45, 7) is 0. The molecule has 1 heterocycles. The van der Waals surface area contributed by atoms with Crippen molar-refractivity contribution in [3.05, 3.63) is 54.1 Å². The average molecular weight is 229 g/mol. The number of nitrogens with zero attached hydrogens (tertiary/aromatic N) is 2. The summed E-state index contributed by atoms with van der Waals surface area (Å²) in [6.07, 6.45) is 5.16. The number of methoxy groups -OCH3 is 1. The molecule has 0 radical (unpaired) electrons. The highest BCUT2D eigenvalue weighted by Crippen LogP contribution is 2.23. The Bertz CT molecular complexity index is 473. The summed E-state index contributed by atoms with van der Waals surface area (Å²) in [5, 5.41) is 3.25. The van der Waals surface area contributed by atoms with Gasteiger partial charge in [-0.2, -0.15) is 0 Å². The normalized spacial score (nSPS) is 12.1. The van der Waals surface area contributed by atoms with E-state index in [0.717, 1.165) is 16.9 Å². The largest absolute Gasteiger partial charge is 0.497 e. The lowest BCUT2D eigenvalue weighted by atomic mass is 10.0. The summed E-state index contributed by atoms with van der Waals surface area (Å²) in [5.74, 6) is 0.847. The van der Waals surface area contributed by atoms with Gasteiger partial charge in [0.05, 0.1) is 13.2 Å². The zero-order valence-electron chi connectivity index (χ0n) is 9.92.